The largest absolute Gasteiger partial charge is 0.383 e. The molecule has 0 aliphatic rings. The minimum Gasteiger partial charge on any atom is -0.383 e. The Bertz CT molecular complexity index is 547. The second-order valence-corrected chi connectivity index (χ2v) is 5.14. The highest BCUT2D eigenvalue weighted by Gasteiger charge is 2.24. The number of hydrogen-bond acceptors (Lipinski definition) is 4. The molecule has 0 radical (unpaired) electrons. The van der Waals surface area contributed by atoms with E-state index >= 15 is 0 Å². The van der Waals surface area contributed by atoms with Crippen LogP contribution in [0.25, 0.3) is 0 Å². The summed E-state index contributed by atoms with van der Waals surface area (Å²) in [6, 6.07) is 1.80. The van der Waals surface area contributed by atoms with Crippen LogP contribution in [-0.4, -0.2) is 23.4 Å². The zero-order chi connectivity index (χ0) is 16.2. The Morgan fingerprint density at radius 2 is 2.00 bits per heavy atom. The molecule has 0 aromatic heterocycles. The number of carbonyl (C=O) groups is 1. The van der Waals surface area contributed by atoms with Gasteiger partial charge in [0.05, 0.1) is 16.7 Å². The first-order valence-corrected chi connectivity index (χ1v) is 6.80. The third-order valence-electron chi connectivity index (χ3n) is 3.25. The molecule has 1 aromatic carbocycles. The van der Waals surface area contributed by atoms with E-state index in [1.807, 2.05) is 20.8 Å². The fourth-order valence-electron chi connectivity index (χ4n) is 1.67. The van der Waals surface area contributed by atoms with E-state index in [4.69, 9.17) is 0 Å². The average Bonchev–Trinajstić information content (AvgIpc) is 2.40. The number of carbonyl (C=O) groups excluding carboxylic acids is 1. The Hall–Kier alpha value is -2.18. The molecule has 2 N–H and O–H groups in total. The van der Waals surface area contributed by atoms with Gasteiger partial charge in [-0.05, 0) is 25.8 Å². The Labute approximate surface area is 122 Å². The summed E-state index contributed by atoms with van der Waals surface area (Å²) in [7, 11) is 0. The van der Waals surface area contributed by atoms with Crippen molar-refractivity contribution in [3.8, 4) is 0 Å². The van der Waals surface area contributed by atoms with Crippen LogP contribution in [0.3, 0.4) is 0 Å². The number of nitro benzene ring substituents is 1. The first-order valence-electron chi connectivity index (χ1n) is 6.80. The molecule has 1 amide bonds. The Morgan fingerprint density at radius 3 is 2.48 bits per heavy atom. The predicted octanol–water partition coefficient (Wildman–Crippen LogP) is 2.94. The quantitative estimate of drug-likeness (QED) is 0.624. The van der Waals surface area contributed by atoms with Gasteiger partial charge in [-0.3, -0.25) is 14.9 Å². The van der Waals surface area contributed by atoms with E-state index in [1.54, 1.807) is 6.92 Å². The molecule has 0 spiro atoms. The van der Waals surface area contributed by atoms with Gasteiger partial charge < -0.3 is 10.6 Å². The SMILES string of the molecule is CCNc1cc(C(=O)NC(C)C(C)C)c([N+](=O)[O-])cc1F. The van der Waals surface area contributed by atoms with Crippen molar-refractivity contribution in [2.24, 2.45) is 5.92 Å². The van der Waals surface area contributed by atoms with Crippen molar-refractivity contribution in [1.82, 2.24) is 5.32 Å². The van der Waals surface area contributed by atoms with Crippen molar-refractivity contribution >= 4 is 17.3 Å². The van der Waals surface area contributed by atoms with E-state index in [0.29, 0.717) is 6.54 Å². The van der Waals surface area contributed by atoms with Gasteiger partial charge in [0.15, 0.2) is 5.82 Å². The van der Waals surface area contributed by atoms with E-state index in [1.165, 1.54) is 6.07 Å². The highest BCUT2D eigenvalue weighted by atomic mass is 19.1. The van der Waals surface area contributed by atoms with Crippen LogP contribution < -0.4 is 10.6 Å². The highest BCUT2D eigenvalue weighted by molar-refractivity contribution is 5.99. The molecule has 0 saturated carbocycles. The molecular weight excluding hydrogens is 277 g/mol. The van der Waals surface area contributed by atoms with Gasteiger partial charge >= 0.3 is 0 Å². The number of anilines is 1. The summed E-state index contributed by atoms with van der Waals surface area (Å²) < 4.78 is 13.7. The number of nitro groups is 1. The van der Waals surface area contributed by atoms with Gasteiger partial charge in [-0.1, -0.05) is 13.8 Å². The van der Waals surface area contributed by atoms with Crippen LogP contribution in [0.5, 0.6) is 0 Å². The molecule has 0 aliphatic carbocycles. The number of halogens is 1. The zero-order valence-corrected chi connectivity index (χ0v) is 12.6. The molecule has 1 unspecified atom stereocenters. The standard InChI is InChI=1S/C14H20FN3O3/c1-5-16-12-6-10(13(18(20)21)7-11(12)15)14(19)17-9(4)8(2)3/h6-9,16H,5H2,1-4H3,(H,17,19). The van der Waals surface area contributed by atoms with Crippen molar-refractivity contribution in [3.63, 3.8) is 0 Å². The van der Waals surface area contributed by atoms with Crippen LogP contribution in [0.4, 0.5) is 15.8 Å². The van der Waals surface area contributed by atoms with E-state index in [-0.39, 0.29) is 23.2 Å². The molecule has 7 heteroatoms. The number of nitrogens with zero attached hydrogens (tertiary/aromatic N) is 1. The molecule has 0 saturated heterocycles. The maximum absolute atomic E-state index is 13.7. The summed E-state index contributed by atoms with van der Waals surface area (Å²) in [5.74, 6) is -1.15. The third kappa shape index (κ3) is 4.14. The maximum Gasteiger partial charge on any atom is 0.285 e. The summed E-state index contributed by atoms with van der Waals surface area (Å²) in [5.41, 5.74) is -0.613. The van der Waals surface area contributed by atoms with E-state index in [2.05, 4.69) is 10.6 Å². The van der Waals surface area contributed by atoms with Crippen molar-refractivity contribution in [1.29, 1.82) is 0 Å². The molecule has 0 bridgehead atoms. The van der Waals surface area contributed by atoms with Crippen LogP contribution in [0.15, 0.2) is 12.1 Å². The number of nitrogens with one attached hydrogen (secondary N) is 2. The predicted molar refractivity (Wildman–Crippen MR) is 79.0 cm³/mol. The van der Waals surface area contributed by atoms with Gasteiger partial charge in [-0.2, -0.15) is 0 Å². The molecule has 6 nitrogen and oxygen atoms in total. The zero-order valence-electron chi connectivity index (χ0n) is 12.6. The highest BCUT2D eigenvalue weighted by Crippen LogP contribution is 2.26. The third-order valence-corrected chi connectivity index (χ3v) is 3.25. The number of rotatable bonds is 6. The van der Waals surface area contributed by atoms with E-state index in [9.17, 15) is 19.3 Å². The topological polar surface area (TPSA) is 84.3 Å². The second kappa shape index (κ2) is 7.01. The molecule has 1 rings (SSSR count). The lowest BCUT2D eigenvalue weighted by Gasteiger charge is -2.17. The number of hydrogen-bond donors (Lipinski definition) is 2. The lowest BCUT2D eigenvalue weighted by molar-refractivity contribution is -0.385. The van der Waals surface area contributed by atoms with Gasteiger partial charge in [-0.25, -0.2) is 4.39 Å². The number of benzene rings is 1. The van der Waals surface area contributed by atoms with Gasteiger partial charge in [0, 0.05) is 12.6 Å². The van der Waals surface area contributed by atoms with Crippen molar-refractivity contribution < 1.29 is 14.1 Å². The first-order chi connectivity index (χ1) is 9.77. The van der Waals surface area contributed by atoms with Gasteiger partial charge in [0.1, 0.15) is 5.56 Å². The van der Waals surface area contributed by atoms with Crippen LogP contribution in [0, 0.1) is 21.8 Å². The van der Waals surface area contributed by atoms with Crippen molar-refractivity contribution in [2.45, 2.75) is 33.7 Å². The van der Waals surface area contributed by atoms with Crippen LogP contribution in [0.2, 0.25) is 0 Å². The summed E-state index contributed by atoms with van der Waals surface area (Å²) in [6.07, 6.45) is 0. The van der Waals surface area contributed by atoms with Gasteiger partial charge in [0.2, 0.25) is 0 Å². The lowest BCUT2D eigenvalue weighted by Crippen LogP contribution is -2.36. The van der Waals surface area contributed by atoms with E-state index < -0.39 is 22.3 Å². The fourth-order valence-corrected chi connectivity index (χ4v) is 1.67. The Balaban J connectivity index is 3.21. The molecular formula is C14H20FN3O3. The van der Waals surface area contributed by atoms with E-state index in [0.717, 1.165) is 6.07 Å². The molecule has 0 aliphatic heterocycles. The van der Waals surface area contributed by atoms with Crippen LogP contribution >= 0.6 is 0 Å². The molecule has 0 fully saturated rings. The monoisotopic (exact) mass is 297 g/mol. The smallest absolute Gasteiger partial charge is 0.285 e. The van der Waals surface area contributed by atoms with Gasteiger partial charge in [-0.15, -0.1) is 0 Å². The Kier molecular flexibility index (Phi) is 5.63. The second-order valence-electron chi connectivity index (χ2n) is 5.14. The molecule has 116 valence electrons. The van der Waals surface area contributed by atoms with Crippen LogP contribution in [0.1, 0.15) is 38.1 Å². The number of amides is 1. The van der Waals surface area contributed by atoms with Crippen molar-refractivity contribution in [3.05, 3.63) is 33.6 Å². The molecule has 21 heavy (non-hydrogen) atoms. The Morgan fingerprint density at radius 1 is 1.38 bits per heavy atom. The molecule has 1 aromatic rings. The van der Waals surface area contributed by atoms with Gasteiger partial charge in [0.25, 0.3) is 11.6 Å². The summed E-state index contributed by atoms with van der Waals surface area (Å²) in [4.78, 5) is 22.4. The van der Waals surface area contributed by atoms with Crippen molar-refractivity contribution in [2.75, 3.05) is 11.9 Å². The molecule has 1 atom stereocenters. The van der Waals surface area contributed by atoms with Crippen LogP contribution in [-0.2, 0) is 0 Å². The fraction of sp³-hybridized carbons (Fsp3) is 0.500. The summed E-state index contributed by atoms with van der Waals surface area (Å²) in [5, 5.41) is 16.4. The normalized spacial score (nSPS) is 12.1. The molecule has 0 heterocycles. The first kappa shape index (κ1) is 16.9. The average molecular weight is 297 g/mol. The maximum atomic E-state index is 13.7. The minimum absolute atomic E-state index is 0.0745. The summed E-state index contributed by atoms with van der Waals surface area (Å²) in [6.45, 7) is 7.87. The summed E-state index contributed by atoms with van der Waals surface area (Å²) >= 11 is 0. The lowest BCUT2D eigenvalue weighted by atomic mass is 10.0. The minimum atomic E-state index is -0.756.